The second-order valence-corrected chi connectivity index (χ2v) is 6.32. The van der Waals surface area contributed by atoms with Crippen LogP contribution in [0.25, 0.3) is 11.6 Å². The van der Waals surface area contributed by atoms with Crippen LogP contribution in [0, 0.1) is 0 Å². The van der Waals surface area contributed by atoms with Gasteiger partial charge in [-0.2, -0.15) is 0 Å². The lowest BCUT2D eigenvalue weighted by molar-refractivity contribution is 0.971. The van der Waals surface area contributed by atoms with Gasteiger partial charge in [0.15, 0.2) is 5.82 Å². The third kappa shape index (κ3) is 7.74. The fourth-order valence-corrected chi connectivity index (χ4v) is 3.16. The summed E-state index contributed by atoms with van der Waals surface area (Å²) in [6.07, 6.45) is 17.8. The highest BCUT2D eigenvalue weighted by atomic mass is 32.2. The van der Waals surface area contributed by atoms with Gasteiger partial charge in [0.1, 0.15) is 0 Å². The van der Waals surface area contributed by atoms with Gasteiger partial charge in [-0.25, -0.2) is 4.98 Å². The summed E-state index contributed by atoms with van der Waals surface area (Å²) in [7, 11) is 0. The van der Waals surface area contributed by atoms with Gasteiger partial charge in [0.25, 0.3) is 0 Å². The minimum Gasteiger partial charge on any atom is -0.313 e. The predicted octanol–water partition coefficient (Wildman–Crippen LogP) is 7.37. The third-order valence-electron chi connectivity index (χ3n) is 3.96. The lowest BCUT2D eigenvalue weighted by Gasteiger charge is -2.08. The first kappa shape index (κ1) is 24.4. The van der Waals surface area contributed by atoms with Gasteiger partial charge >= 0.3 is 0 Å². The molecule has 1 aliphatic carbocycles. The van der Waals surface area contributed by atoms with Crippen LogP contribution in [0.2, 0.25) is 0 Å². The zero-order valence-electron chi connectivity index (χ0n) is 18.3. The maximum absolute atomic E-state index is 4.61. The Morgan fingerprint density at radius 2 is 1.83 bits per heavy atom. The smallest absolute Gasteiger partial charge is 0.155 e. The fraction of sp³-hybridized carbons (Fsp3) is 0.280. The van der Waals surface area contributed by atoms with Crippen molar-refractivity contribution in [3.8, 4) is 0 Å². The van der Waals surface area contributed by atoms with E-state index in [9.17, 15) is 0 Å². The van der Waals surface area contributed by atoms with E-state index in [1.807, 2.05) is 46.1 Å². The van der Waals surface area contributed by atoms with Gasteiger partial charge in [0.05, 0.1) is 18.1 Å². The van der Waals surface area contributed by atoms with E-state index < -0.39 is 0 Å². The number of rotatable bonds is 5. The predicted molar refractivity (Wildman–Crippen MR) is 132 cm³/mol. The van der Waals surface area contributed by atoms with Gasteiger partial charge in [-0.15, -0.1) is 0 Å². The number of fused-ring (bicyclic) bond motifs is 1. The number of hydrogen-bond acceptors (Lipinski definition) is 4. The Balaban J connectivity index is 0.000000989. The molecule has 3 nitrogen and oxygen atoms in total. The van der Waals surface area contributed by atoms with Crippen molar-refractivity contribution in [1.29, 1.82) is 0 Å². The van der Waals surface area contributed by atoms with Crippen molar-refractivity contribution in [3.05, 3.63) is 89.9 Å². The molecule has 0 fully saturated rings. The Hall–Kier alpha value is -2.59. The molecule has 4 heteroatoms. The molecule has 1 heterocycles. The number of hydrogen-bond donors (Lipinski definition) is 1. The molecule has 0 bridgehead atoms. The molecule has 154 valence electrons. The van der Waals surface area contributed by atoms with Crippen molar-refractivity contribution in [2.24, 2.45) is 0 Å². The van der Waals surface area contributed by atoms with Crippen LogP contribution < -0.4 is 4.72 Å². The van der Waals surface area contributed by atoms with E-state index in [1.54, 1.807) is 12.4 Å². The second kappa shape index (κ2) is 14.4. The molecule has 29 heavy (non-hydrogen) atoms. The zero-order chi connectivity index (χ0) is 21.5. The number of allylic oxidation sites excluding steroid dienone is 6. The molecule has 0 saturated carbocycles. The normalized spacial score (nSPS) is 13.8. The van der Waals surface area contributed by atoms with Crippen LogP contribution in [0.15, 0.2) is 73.1 Å². The van der Waals surface area contributed by atoms with E-state index in [4.69, 9.17) is 0 Å². The van der Waals surface area contributed by atoms with Crippen molar-refractivity contribution >= 4 is 29.4 Å². The first-order valence-corrected chi connectivity index (χ1v) is 11.4. The summed E-state index contributed by atoms with van der Waals surface area (Å²) in [5.74, 6) is 0.763. The first-order valence-electron chi connectivity index (χ1n) is 10.2. The van der Waals surface area contributed by atoms with Crippen molar-refractivity contribution in [1.82, 2.24) is 9.97 Å². The van der Waals surface area contributed by atoms with Crippen LogP contribution in [0.5, 0.6) is 0 Å². The van der Waals surface area contributed by atoms with E-state index in [1.165, 1.54) is 28.6 Å². The van der Waals surface area contributed by atoms with Crippen LogP contribution in [0.3, 0.4) is 0 Å². The maximum atomic E-state index is 4.61. The summed E-state index contributed by atoms with van der Waals surface area (Å²) in [4.78, 5) is 8.90. The van der Waals surface area contributed by atoms with Gasteiger partial charge in [0.2, 0.25) is 0 Å². The second-order valence-electron chi connectivity index (χ2n) is 5.71. The van der Waals surface area contributed by atoms with Crippen LogP contribution >= 0.6 is 11.9 Å². The molecule has 1 aromatic heterocycles. The van der Waals surface area contributed by atoms with E-state index in [0.29, 0.717) is 0 Å². The van der Waals surface area contributed by atoms with Gasteiger partial charge in [-0.1, -0.05) is 94.8 Å². The van der Waals surface area contributed by atoms with Gasteiger partial charge in [-0.05, 0) is 41.2 Å². The molecule has 0 aliphatic heterocycles. The SMILES string of the molecule is C=C\C=C/C1=C\C(=C/c2cncc(NSC)n2)c2ccccc2CC1.CC.CC. The number of nitrogens with one attached hydrogen (secondary N) is 1. The summed E-state index contributed by atoms with van der Waals surface area (Å²) < 4.78 is 3.13. The minimum absolute atomic E-state index is 0.763. The molecule has 1 N–H and O–H groups in total. The fourth-order valence-electron chi connectivity index (χ4n) is 2.85. The van der Waals surface area contributed by atoms with Crippen molar-refractivity contribution in [3.63, 3.8) is 0 Å². The molecular formula is C25H33N3S. The Kier molecular flexibility index (Phi) is 12.2. The largest absolute Gasteiger partial charge is 0.313 e. The van der Waals surface area contributed by atoms with E-state index in [0.717, 1.165) is 29.9 Å². The molecule has 2 aromatic rings. The summed E-state index contributed by atoms with van der Waals surface area (Å²) in [5.41, 5.74) is 5.91. The zero-order valence-corrected chi connectivity index (χ0v) is 19.1. The van der Waals surface area contributed by atoms with Crippen LogP contribution in [0.4, 0.5) is 5.82 Å². The van der Waals surface area contributed by atoms with E-state index in [-0.39, 0.29) is 0 Å². The van der Waals surface area contributed by atoms with Crippen LogP contribution in [-0.4, -0.2) is 16.2 Å². The molecule has 0 unspecified atom stereocenters. The summed E-state index contributed by atoms with van der Waals surface area (Å²) in [6, 6.07) is 8.57. The molecule has 1 aromatic carbocycles. The third-order valence-corrected chi connectivity index (χ3v) is 4.38. The Bertz CT molecular complexity index is 851. The molecule has 0 spiro atoms. The topological polar surface area (TPSA) is 37.8 Å². The maximum Gasteiger partial charge on any atom is 0.155 e. The van der Waals surface area contributed by atoms with Crippen LogP contribution in [0.1, 0.15) is 50.9 Å². The Morgan fingerprint density at radius 1 is 1.07 bits per heavy atom. The molecule has 3 rings (SSSR count). The van der Waals surface area contributed by atoms with Gasteiger partial charge < -0.3 is 4.72 Å². The van der Waals surface area contributed by atoms with Crippen LogP contribution in [-0.2, 0) is 6.42 Å². The number of nitrogens with zero attached hydrogens (tertiary/aromatic N) is 2. The average Bonchev–Trinajstić information content (AvgIpc) is 2.95. The standard InChI is InChI=1S/C21H21N3S.2C2H6/c1-3-4-7-16-10-11-17-8-5-6-9-20(17)18(12-16)13-19-14-22-15-21(23-19)24-25-2;2*1-2/h3-9,12-15H,1,10-11H2,2H3,(H,23,24);2*1-2H3/b7-4-,18-13+;;. The summed E-state index contributed by atoms with van der Waals surface area (Å²) in [6.45, 7) is 11.8. The van der Waals surface area contributed by atoms with Crippen molar-refractivity contribution in [2.75, 3.05) is 11.0 Å². The monoisotopic (exact) mass is 407 g/mol. The average molecular weight is 408 g/mol. The molecule has 1 aliphatic rings. The molecule has 0 saturated heterocycles. The molecule has 0 atom stereocenters. The number of aryl methyl sites for hydroxylation is 1. The highest BCUT2D eigenvalue weighted by Gasteiger charge is 2.12. The van der Waals surface area contributed by atoms with Crippen molar-refractivity contribution in [2.45, 2.75) is 40.5 Å². The lowest BCUT2D eigenvalue weighted by atomic mass is 9.98. The highest BCUT2D eigenvalue weighted by molar-refractivity contribution is 7.99. The number of anilines is 1. The van der Waals surface area contributed by atoms with E-state index >= 15 is 0 Å². The molecular weight excluding hydrogens is 374 g/mol. The minimum atomic E-state index is 0.763. The molecule has 0 radical (unpaired) electrons. The summed E-state index contributed by atoms with van der Waals surface area (Å²) in [5, 5.41) is 0. The number of benzene rings is 1. The molecule has 0 amide bonds. The first-order chi connectivity index (χ1) is 14.3. The van der Waals surface area contributed by atoms with Gasteiger partial charge in [0, 0.05) is 6.26 Å². The Morgan fingerprint density at radius 3 is 2.55 bits per heavy atom. The summed E-state index contributed by atoms with van der Waals surface area (Å²) >= 11 is 1.51. The van der Waals surface area contributed by atoms with E-state index in [2.05, 4.69) is 63.8 Å². The van der Waals surface area contributed by atoms with Gasteiger partial charge in [-0.3, -0.25) is 4.98 Å². The van der Waals surface area contributed by atoms with Crippen molar-refractivity contribution < 1.29 is 0 Å². The quantitative estimate of drug-likeness (QED) is 0.414. The highest BCUT2D eigenvalue weighted by Crippen LogP contribution is 2.30. The Labute approximate surface area is 180 Å². The number of aromatic nitrogens is 2. The lowest BCUT2D eigenvalue weighted by Crippen LogP contribution is -1.94.